The van der Waals surface area contributed by atoms with Gasteiger partial charge in [-0.05, 0) is 45.7 Å². The summed E-state index contributed by atoms with van der Waals surface area (Å²) >= 11 is 0. The zero-order chi connectivity index (χ0) is 16.9. The largest absolute Gasteiger partial charge is 0.480 e. The van der Waals surface area contributed by atoms with Gasteiger partial charge in [0.05, 0.1) is 0 Å². The SMILES string of the molecule is [2H]CC(C)(C)OC(=O)N[C@@H](Cc1ccc(C)cc1C)C(=O)O. The van der Waals surface area contributed by atoms with E-state index in [1.165, 1.54) is 0 Å². The maximum atomic E-state index is 11.8. The molecule has 0 saturated carbocycles. The van der Waals surface area contributed by atoms with Crippen LogP contribution in [0.25, 0.3) is 0 Å². The number of carbonyl (C=O) groups is 2. The van der Waals surface area contributed by atoms with Gasteiger partial charge >= 0.3 is 12.1 Å². The third-order valence-corrected chi connectivity index (χ3v) is 2.88. The molecule has 1 aromatic rings. The number of rotatable bonds is 4. The van der Waals surface area contributed by atoms with E-state index in [0.717, 1.165) is 16.7 Å². The summed E-state index contributed by atoms with van der Waals surface area (Å²) in [5.41, 5.74) is 1.98. The first kappa shape index (κ1) is 15.4. The number of aryl methyl sites for hydroxylation is 2. The molecule has 0 fully saturated rings. The number of carbonyl (C=O) groups excluding carboxylic acids is 1. The summed E-state index contributed by atoms with van der Waals surface area (Å²) < 4.78 is 12.3. The van der Waals surface area contributed by atoms with Crippen molar-refractivity contribution in [2.75, 3.05) is 0 Å². The van der Waals surface area contributed by atoms with Crippen molar-refractivity contribution in [1.82, 2.24) is 5.32 Å². The summed E-state index contributed by atoms with van der Waals surface area (Å²) in [6.45, 7) is 6.96. The average Bonchev–Trinajstić information content (AvgIpc) is 2.40. The first-order chi connectivity index (χ1) is 10.1. The summed E-state index contributed by atoms with van der Waals surface area (Å²) in [4.78, 5) is 23.1. The van der Waals surface area contributed by atoms with Gasteiger partial charge in [-0.3, -0.25) is 0 Å². The molecule has 5 heteroatoms. The van der Waals surface area contributed by atoms with Crippen LogP contribution in [0.1, 0.15) is 38.8 Å². The minimum Gasteiger partial charge on any atom is -0.480 e. The molecular weight excluding hydrogens is 270 g/mol. The second-order valence-corrected chi connectivity index (χ2v) is 5.82. The van der Waals surface area contributed by atoms with Crippen molar-refractivity contribution in [3.05, 3.63) is 34.9 Å². The normalized spacial score (nSPS) is 13.2. The number of nitrogens with one attached hydrogen (secondary N) is 1. The lowest BCUT2D eigenvalue weighted by atomic mass is 9.99. The maximum Gasteiger partial charge on any atom is 0.408 e. The summed E-state index contributed by atoms with van der Waals surface area (Å²) in [7, 11) is 0. The number of hydrogen-bond donors (Lipinski definition) is 2. The number of carboxylic acid groups (broad SMARTS) is 1. The summed E-state index contributed by atoms with van der Waals surface area (Å²) in [5.74, 6) is -1.12. The van der Waals surface area contributed by atoms with E-state index in [9.17, 15) is 14.7 Å². The summed E-state index contributed by atoms with van der Waals surface area (Å²) in [5, 5.41) is 11.6. The molecule has 5 nitrogen and oxygen atoms in total. The second kappa shape index (κ2) is 6.61. The number of ether oxygens (including phenoxy) is 1. The Balaban J connectivity index is 2.78. The van der Waals surface area contributed by atoms with Gasteiger partial charge in [0, 0.05) is 7.79 Å². The van der Waals surface area contributed by atoms with Crippen molar-refractivity contribution in [3.8, 4) is 0 Å². The number of carboxylic acids is 1. The molecule has 116 valence electrons. The fourth-order valence-corrected chi connectivity index (χ4v) is 1.92. The quantitative estimate of drug-likeness (QED) is 0.895. The predicted molar refractivity (Wildman–Crippen MR) is 80.4 cm³/mol. The van der Waals surface area contributed by atoms with Crippen LogP contribution in [0.15, 0.2) is 18.2 Å². The standard InChI is InChI=1S/C16H23NO4/c1-10-6-7-12(11(2)8-10)9-13(14(18)19)17-15(20)21-16(3,4)5/h6-8,13H,9H2,1-5H3,(H,17,20)(H,18,19)/t13-/m0/s1/i3D. The van der Waals surface area contributed by atoms with Gasteiger partial charge in [-0.1, -0.05) is 23.8 Å². The molecule has 0 aliphatic rings. The van der Waals surface area contributed by atoms with Crippen molar-refractivity contribution in [1.29, 1.82) is 0 Å². The van der Waals surface area contributed by atoms with Gasteiger partial charge in [-0.25, -0.2) is 9.59 Å². The summed E-state index contributed by atoms with van der Waals surface area (Å²) in [6, 6.07) is 4.66. The van der Waals surface area contributed by atoms with Crippen LogP contribution >= 0.6 is 0 Å². The van der Waals surface area contributed by atoms with Gasteiger partial charge in [0.1, 0.15) is 11.6 Å². The van der Waals surface area contributed by atoms with Crippen molar-refractivity contribution in [2.24, 2.45) is 0 Å². The molecule has 0 bridgehead atoms. The van der Waals surface area contributed by atoms with E-state index in [1.807, 2.05) is 32.0 Å². The minimum atomic E-state index is -1.12. The Labute approximate surface area is 126 Å². The molecule has 0 radical (unpaired) electrons. The molecule has 0 aromatic heterocycles. The Morgan fingerprint density at radius 3 is 2.62 bits per heavy atom. The van der Waals surface area contributed by atoms with Crippen LogP contribution in [-0.4, -0.2) is 28.8 Å². The lowest BCUT2D eigenvalue weighted by Gasteiger charge is -2.22. The monoisotopic (exact) mass is 294 g/mol. The highest BCUT2D eigenvalue weighted by molar-refractivity contribution is 5.80. The smallest absolute Gasteiger partial charge is 0.408 e. The van der Waals surface area contributed by atoms with E-state index in [0.29, 0.717) is 0 Å². The number of amides is 1. The minimum absolute atomic E-state index is 0.102. The first-order valence-electron chi connectivity index (χ1n) is 7.43. The van der Waals surface area contributed by atoms with Crippen LogP contribution in [-0.2, 0) is 16.0 Å². The third kappa shape index (κ3) is 5.85. The van der Waals surface area contributed by atoms with Crippen LogP contribution < -0.4 is 5.32 Å². The van der Waals surface area contributed by atoms with Gasteiger partial charge in [0.15, 0.2) is 0 Å². The summed E-state index contributed by atoms with van der Waals surface area (Å²) in [6.07, 6.45) is -0.646. The van der Waals surface area contributed by atoms with E-state index in [4.69, 9.17) is 6.11 Å². The molecule has 21 heavy (non-hydrogen) atoms. The fourth-order valence-electron chi connectivity index (χ4n) is 1.92. The molecule has 1 atom stereocenters. The van der Waals surface area contributed by atoms with Crippen molar-refractivity contribution >= 4 is 12.1 Å². The highest BCUT2D eigenvalue weighted by atomic mass is 16.6. The van der Waals surface area contributed by atoms with Gasteiger partial charge in [-0.2, -0.15) is 0 Å². The predicted octanol–water partition coefficient (Wildman–Crippen LogP) is 2.82. The van der Waals surface area contributed by atoms with E-state index < -0.39 is 23.7 Å². The highest BCUT2D eigenvalue weighted by Crippen LogP contribution is 2.13. The Hall–Kier alpha value is -2.04. The van der Waals surface area contributed by atoms with Crippen LogP contribution in [0, 0.1) is 13.8 Å². The Bertz CT molecular complexity index is 557. The van der Waals surface area contributed by atoms with Crippen LogP contribution in [0.2, 0.25) is 0 Å². The zero-order valence-electron chi connectivity index (χ0n) is 13.9. The maximum absolute atomic E-state index is 11.8. The van der Waals surface area contributed by atoms with Gasteiger partial charge in [0.25, 0.3) is 0 Å². The average molecular weight is 294 g/mol. The van der Waals surface area contributed by atoms with Gasteiger partial charge < -0.3 is 15.2 Å². The van der Waals surface area contributed by atoms with E-state index in [2.05, 4.69) is 5.32 Å². The van der Waals surface area contributed by atoms with E-state index >= 15 is 0 Å². The van der Waals surface area contributed by atoms with Crippen molar-refractivity contribution < 1.29 is 20.8 Å². The van der Waals surface area contributed by atoms with Crippen LogP contribution in [0.4, 0.5) is 4.79 Å². The zero-order valence-corrected chi connectivity index (χ0v) is 12.9. The molecule has 0 spiro atoms. The van der Waals surface area contributed by atoms with E-state index in [1.54, 1.807) is 13.8 Å². The first-order valence-corrected chi connectivity index (χ1v) is 6.72. The molecule has 0 aliphatic heterocycles. The van der Waals surface area contributed by atoms with Crippen molar-refractivity contribution in [3.63, 3.8) is 0 Å². The van der Waals surface area contributed by atoms with Crippen LogP contribution in [0.3, 0.4) is 0 Å². The number of benzene rings is 1. The molecule has 0 aliphatic carbocycles. The lowest BCUT2D eigenvalue weighted by Crippen LogP contribution is -2.44. The fraction of sp³-hybridized carbons (Fsp3) is 0.500. The van der Waals surface area contributed by atoms with Gasteiger partial charge in [0.2, 0.25) is 0 Å². The number of hydrogen-bond acceptors (Lipinski definition) is 3. The number of alkyl carbamates (subject to hydrolysis) is 1. The Kier molecular flexibility index (Phi) is 4.83. The molecular formula is C16H23NO4. The Morgan fingerprint density at radius 1 is 1.43 bits per heavy atom. The van der Waals surface area contributed by atoms with Crippen molar-refractivity contribution in [2.45, 2.75) is 52.7 Å². The third-order valence-electron chi connectivity index (χ3n) is 2.88. The molecule has 0 unspecified atom stereocenters. The highest BCUT2D eigenvalue weighted by Gasteiger charge is 2.24. The molecule has 2 N–H and O–H groups in total. The second-order valence-electron chi connectivity index (χ2n) is 5.82. The van der Waals surface area contributed by atoms with Gasteiger partial charge in [-0.15, -0.1) is 0 Å². The Morgan fingerprint density at radius 2 is 2.10 bits per heavy atom. The lowest BCUT2D eigenvalue weighted by molar-refractivity contribution is -0.139. The molecule has 1 amide bonds. The number of aliphatic carboxylic acids is 1. The molecule has 0 heterocycles. The molecule has 0 saturated heterocycles. The van der Waals surface area contributed by atoms with E-state index in [-0.39, 0.29) is 13.3 Å². The molecule has 1 rings (SSSR count). The topological polar surface area (TPSA) is 75.6 Å². The molecule has 1 aromatic carbocycles. The van der Waals surface area contributed by atoms with Crippen LogP contribution in [0.5, 0.6) is 0 Å².